The van der Waals surface area contributed by atoms with E-state index in [-0.39, 0.29) is 28.3 Å². The molecule has 0 saturated heterocycles. The first kappa shape index (κ1) is 19.9. The Balaban J connectivity index is 1.86. The molecule has 0 fully saturated rings. The fourth-order valence-corrected chi connectivity index (χ4v) is 2.92. The van der Waals surface area contributed by atoms with E-state index in [0.717, 1.165) is 11.8 Å². The lowest BCUT2D eigenvalue weighted by atomic mass is 9.92. The van der Waals surface area contributed by atoms with Gasteiger partial charge in [0.05, 0.1) is 18.4 Å². The van der Waals surface area contributed by atoms with E-state index < -0.39 is 11.7 Å². The molecule has 30 heavy (non-hydrogen) atoms. The summed E-state index contributed by atoms with van der Waals surface area (Å²) in [4.78, 5) is 15.8. The number of imidazole rings is 1. The minimum Gasteiger partial charge on any atom is -0.479 e. The molecule has 7 nitrogen and oxygen atoms in total. The number of nitrogens with zero attached hydrogens (tertiary/aromatic N) is 4. The Morgan fingerprint density at radius 1 is 1.03 bits per heavy atom. The number of benzene rings is 1. The van der Waals surface area contributed by atoms with Gasteiger partial charge < -0.3 is 14.2 Å². The van der Waals surface area contributed by atoms with Gasteiger partial charge in [0.15, 0.2) is 17.3 Å². The predicted octanol–water partition coefficient (Wildman–Crippen LogP) is 5.00. The number of hydrogen-bond acceptors (Lipinski definition) is 6. The molecule has 10 heteroatoms. The summed E-state index contributed by atoms with van der Waals surface area (Å²) in [6, 6.07) is 6.84. The molecule has 0 spiro atoms. The van der Waals surface area contributed by atoms with E-state index >= 15 is 0 Å². The van der Waals surface area contributed by atoms with Crippen LogP contribution in [0.15, 0.2) is 34.9 Å². The standard InChI is InChI=1S/C20H18F3N5O2/c1-19(2,3)13-9-12(30-28-13)16-24-14-17(26-16)25-15(27-18(14)29-4)10-7-5-6-8-11(10)20(21,22)23/h5-9H,1-4H3,(H,24,25,26,27). The monoisotopic (exact) mass is 417 g/mol. The lowest BCUT2D eigenvalue weighted by Crippen LogP contribution is -2.10. The third-order valence-corrected chi connectivity index (χ3v) is 4.50. The van der Waals surface area contributed by atoms with Crippen LogP contribution in [0.4, 0.5) is 13.2 Å². The van der Waals surface area contributed by atoms with E-state index in [1.165, 1.54) is 25.3 Å². The van der Waals surface area contributed by atoms with E-state index in [1.807, 2.05) is 20.8 Å². The van der Waals surface area contributed by atoms with Crippen molar-refractivity contribution < 1.29 is 22.4 Å². The van der Waals surface area contributed by atoms with Gasteiger partial charge in [-0.05, 0) is 6.07 Å². The number of hydrogen-bond donors (Lipinski definition) is 1. The summed E-state index contributed by atoms with van der Waals surface area (Å²) in [6.07, 6.45) is -4.55. The number of aromatic nitrogens is 5. The second kappa shape index (κ2) is 6.82. The number of aromatic amines is 1. The van der Waals surface area contributed by atoms with Gasteiger partial charge in [0.1, 0.15) is 5.52 Å². The highest BCUT2D eigenvalue weighted by atomic mass is 19.4. The Morgan fingerprint density at radius 3 is 2.40 bits per heavy atom. The van der Waals surface area contributed by atoms with Crippen LogP contribution in [0.25, 0.3) is 34.1 Å². The van der Waals surface area contributed by atoms with Crippen LogP contribution in [-0.4, -0.2) is 32.2 Å². The molecule has 0 bridgehead atoms. The number of halogens is 3. The molecule has 4 rings (SSSR count). The summed E-state index contributed by atoms with van der Waals surface area (Å²) in [5.74, 6) is 0.624. The molecule has 3 aromatic heterocycles. The Bertz CT molecular complexity index is 1220. The summed E-state index contributed by atoms with van der Waals surface area (Å²) in [5.41, 5.74) is -0.000787. The van der Waals surface area contributed by atoms with Crippen molar-refractivity contribution in [2.45, 2.75) is 32.4 Å². The van der Waals surface area contributed by atoms with Crippen molar-refractivity contribution in [3.05, 3.63) is 41.6 Å². The van der Waals surface area contributed by atoms with Crippen molar-refractivity contribution in [3.63, 3.8) is 0 Å². The molecule has 0 saturated carbocycles. The van der Waals surface area contributed by atoms with Crippen LogP contribution in [0.2, 0.25) is 0 Å². The van der Waals surface area contributed by atoms with Gasteiger partial charge in [0.25, 0.3) is 0 Å². The Morgan fingerprint density at radius 2 is 1.77 bits per heavy atom. The van der Waals surface area contributed by atoms with Crippen LogP contribution in [0.5, 0.6) is 5.88 Å². The van der Waals surface area contributed by atoms with E-state index in [2.05, 4.69) is 25.1 Å². The van der Waals surface area contributed by atoms with E-state index in [0.29, 0.717) is 17.1 Å². The van der Waals surface area contributed by atoms with Crippen molar-refractivity contribution in [1.29, 1.82) is 0 Å². The molecule has 0 aliphatic rings. The fourth-order valence-electron chi connectivity index (χ4n) is 2.92. The van der Waals surface area contributed by atoms with Crippen LogP contribution in [0.3, 0.4) is 0 Å². The van der Waals surface area contributed by atoms with E-state index in [4.69, 9.17) is 9.26 Å². The smallest absolute Gasteiger partial charge is 0.417 e. The molecular formula is C20H18F3N5O2. The number of rotatable bonds is 3. The van der Waals surface area contributed by atoms with Crippen LogP contribution in [0, 0.1) is 0 Å². The lowest BCUT2D eigenvalue weighted by Gasteiger charge is -2.12. The maximum atomic E-state index is 13.4. The van der Waals surface area contributed by atoms with Gasteiger partial charge in [-0.2, -0.15) is 18.2 Å². The molecule has 156 valence electrons. The largest absolute Gasteiger partial charge is 0.479 e. The molecule has 0 amide bonds. The van der Waals surface area contributed by atoms with Crippen molar-refractivity contribution in [3.8, 4) is 28.9 Å². The number of H-pyrrole nitrogens is 1. The van der Waals surface area contributed by atoms with Crippen molar-refractivity contribution in [2.75, 3.05) is 7.11 Å². The first-order valence-electron chi connectivity index (χ1n) is 9.04. The van der Waals surface area contributed by atoms with Gasteiger partial charge in [-0.3, -0.25) is 0 Å². The minimum absolute atomic E-state index is 0.0706. The maximum absolute atomic E-state index is 13.4. The Hall–Kier alpha value is -3.43. The van der Waals surface area contributed by atoms with Gasteiger partial charge in [-0.15, -0.1) is 0 Å². The van der Waals surface area contributed by atoms with Crippen molar-refractivity contribution in [2.24, 2.45) is 0 Å². The fraction of sp³-hybridized carbons (Fsp3) is 0.300. The molecule has 1 aromatic carbocycles. The number of alkyl halides is 3. The normalized spacial score (nSPS) is 12.5. The van der Waals surface area contributed by atoms with Crippen LogP contribution < -0.4 is 4.74 Å². The number of methoxy groups -OCH3 is 1. The molecule has 1 N–H and O–H groups in total. The van der Waals surface area contributed by atoms with Gasteiger partial charge in [0.2, 0.25) is 11.6 Å². The maximum Gasteiger partial charge on any atom is 0.417 e. The SMILES string of the molecule is COc1nc(-c2ccccc2C(F)(F)F)nc2nc(-c3cc(C(C)(C)C)no3)[nH]c12. The highest BCUT2D eigenvalue weighted by Crippen LogP contribution is 2.37. The number of nitrogens with one attached hydrogen (secondary N) is 1. The summed E-state index contributed by atoms with van der Waals surface area (Å²) in [5, 5.41) is 4.05. The summed E-state index contributed by atoms with van der Waals surface area (Å²) < 4.78 is 50.9. The molecule has 4 aromatic rings. The van der Waals surface area contributed by atoms with E-state index in [1.54, 1.807) is 6.07 Å². The van der Waals surface area contributed by atoms with Crippen molar-refractivity contribution in [1.82, 2.24) is 25.1 Å². The zero-order chi connectivity index (χ0) is 21.7. The van der Waals surface area contributed by atoms with Crippen LogP contribution in [0.1, 0.15) is 32.0 Å². The Kier molecular flexibility index (Phi) is 4.52. The average molecular weight is 417 g/mol. The molecular weight excluding hydrogens is 399 g/mol. The summed E-state index contributed by atoms with van der Waals surface area (Å²) in [7, 11) is 1.37. The zero-order valence-corrected chi connectivity index (χ0v) is 16.6. The molecule has 3 heterocycles. The van der Waals surface area contributed by atoms with Gasteiger partial charge in [0, 0.05) is 17.0 Å². The Labute approximate surface area is 169 Å². The molecule has 0 aliphatic heterocycles. The summed E-state index contributed by atoms with van der Waals surface area (Å²) >= 11 is 0. The summed E-state index contributed by atoms with van der Waals surface area (Å²) in [6.45, 7) is 5.98. The molecule has 0 unspecified atom stereocenters. The van der Waals surface area contributed by atoms with Crippen LogP contribution >= 0.6 is 0 Å². The second-order valence-electron chi connectivity index (χ2n) is 7.71. The van der Waals surface area contributed by atoms with Gasteiger partial charge in [-0.25, -0.2) is 9.97 Å². The van der Waals surface area contributed by atoms with E-state index in [9.17, 15) is 13.2 Å². The van der Waals surface area contributed by atoms with Gasteiger partial charge in [-0.1, -0.05) is 44.1 Å². The molecule has 0 atom stereocenters. The number of ether oxygens (including phenoxy) is 1. The quantitative estimate of drug-likeness (QED) is 0.505. The predicted molar refractivity (Wildman–Crippen MR) is 103 cm³/mol. The first-order valence-corrected chi connectivity index (χ1v) is 9.04. The second-order valence-corrected chi connectivity index (χ2v) is 7.71. The topological polar surface area (TPSA) is 89.7 Å². The van der Waals surface area contributed by atoms with Crippen molar-refractivity contribution >= 4 is 11.2 Å². The third-order valence-electron chi connectivity index (χ3n) is 4.50. The van der Waals surface area contributed by atoms with Gasteiger partial charge >= 0.3 is 6.18 Å². The average Bonchev–Trinajstić information content (AvgIpc) is 3.33. The lowest BCUT2D eigenvalue weighted by molar-refractivity contribution is -0.137. The highest BCUT2D eigenvalue weighted by Gasteiger charge is 2.34. The van der Waals surface area contributed by atoms with Crippen LogP contribution in [-0.2, 0) is 11.6 Å². The third kappa shape index (κ3) is 3.49. The molecule has 0 radical (unpaired) electrons. The minimum atomic E-state index is -4.55. The first-order chi connectivity index (χ1) is 14.1. The number of fused-ring (bicyclic) bond motifs is 1. The zero-order valence-electron chi connectivity index (χ0n) is 16.6. The molecule has 0 aliphatic carbocycles. The highest BCUT2D eigenvalue weighted by molar-refractivity contribution is 5.82.